The molecule has 1 aromatic rings. The lowest BCUT2D eigenvalue weighted by Crippen LogP contribution is -2.43. The predicted molar refractivity (Wildman–Crippen MR) is 83.0 cm³/mol. The van der Waals surface area contributed by atoms with Crippen LogP contribution in [-0.4, -0.2) is 54.8 Å². The molecule has 1 fully saturated rings. The predicted octanol–water partition coefficient (Wildman–Crippen LogP) is 1.57. The maximum absolute atomic E-state index is 12.1. The van der Waals surface area contributed by atoms with Crippen molar-refractivity contribution in [1.82, 2.24) is 9.80 Å². The van der Waals surface area contributed by atoms with Gasteiger partial charge < -0.3 is 10.2 Å². The topological polar surface area (TPSA) is 52.7 Å². The molecule has 0 saturated carbocycles. The number of nitrogens with one attached hydrogen (secondary N) is 1. The van der Waals surface area contributed by atoms with Gasteiger partial charge in [0.25, 0.3) is 0 Å². The van der Waals surface area contributed by atoms with Gasteiger partial charge in [0.1, 0.15) is 0 Å². The van der Waals surface area contributed by atoms with Crippen LogP contribution in [0.5, 0.6) is 0 Å². The lowest BCUT2D eigenvalue weighted by molar-refractivity contribution is -0.133. The van der Waals surface area contributed by atoms with Crippen molar-refractivity contribution < 1.29 is 9.59 Å². The first-order valence-electron chi connectivity index (χ1n) is 7.38. The molecule has 1 heterocycles. The third-order valence-electron chi connectivity index (χ3n) is 3.77. The average Bonchev–Trinajstić information content (AvgIpc) is 2.93. The first-order valence-corrected chi connectivity index (χ1v) is 7.38. The highest BCUT2D eigenvalue weighted by Crippen LogP contribution is 2.19. The van der Waals surface area contributed by atoms with E-state index < -0.39 is 0 Å². The van der Waals surface area contributed by atoms with Gasteiger partial charge >= 0.3 is 0 Å². The molecule has 1 aromatic carbocycles. The minimum atomic E-state index is -0.0653. The summed E-state index contributed by atoms with van der Waals surface area (Å²) in [6, 6.07) is 9.36. The van der Waals surface area contributed by atoms with Crippen LogP contribution in [0, 0.1) is 0 Å². The largest absolute Gasteiger partial charge is 0.347 e. The second-order valence-electron chi connectivity index (χ2n) is 5.59. The smallest absolute Gasteiger partial charge is 0.239 e. The number of para-hydroxylation sites is 1. The Morgan fingerprint density at radius 3 is 2.67 bits per heavy atom. The molecule has 1 atom stereocenters. The first-order chi connectivity index (χ1) is 10.1. The molecule has 0 spiro atoms. The minimum Gasteiger partial charge on any atom is -0.347 e. The fraction of sp³-hybridized carbons (Fsp3) is 0.500. The maximum atomic E-state index is 12.1. The number of hydrogen-bond acceptors (Lipinski definition) is 3. The maximum Gasteiger partial charge on any atom is 0.239 e. The quantitative estimate of drug-likeness (QED) is 0.895. The molecule has 1 saturated heterocycles. The third-order valence-corrected chi connectivity index (χ3v) is 3.77. The van der Waals surface area contributed by atoms with E-state index in [2.05, 4.69) is 10.2 Å². The van der Waals surface area contributed by atoms with Crippen molar-refractivity contribution in [2.75, 3.05) is 32.5 Å². The highest BCUT2D eigenvalue weighted by molar-refractivity contribution is 5.90. The Kier molecular flexibility index (Phi) is 5.33. The van der Waals surface area contributed by atoms with Gasteiger partial charge in [0.2, 0.25) is 11.8 Å². The number of anilines is 1. The molecule has 0 bridgehead atoms. The van der Waals surface area contributed by atoms with Crippen molar-refractivity contribution >= 4 is 17.5 Å². The highest BCUT2D eigenvalue weighted by Gasteiger charge is 2.31. The second kappa shape index (κ2) is 7.22. The van der Waals surface area contributed by atoms with E-state index in [1.54, 1.807) is 19.0 Å². The molecule has 5 nitrogen and oxygen atoms in total. The molecular weight excluding hydrogens is 266 g/mol. The average molecular weight is 289 g/mol. The van der Waals surface area contributed by atoms with Gasteiger partial charge in [-0.3, -0.25) is 14.5 Å². The lowest BCUT2D eigenvalue weighted by Gasteiger charge is -2.25. The summed E-state index contributed by atoms with van der Waals surface area (Å²) in [5.41, 5.74) is 0.810. The number of hydrogen-bond donors (Lipinski definition) is 1. The van der Waals surface area contributed by atoms with E-state index in [0.29, 0.717) is 13.0 Å². The van der Waals surface area contributed by atoms with E-state index >= 15 is 0 Å². The second-order valence-corrected chi connectivity index (χ2v) is 5.59. The Bertz CT molecular complexity index is 488. The summed E-state index contributed by atoms with van der Waals surface area (Å²) >= 11 is 0. The summed E-state index contributed by atoms with van der Waals surface area (Å²) in [7, 11) is 3.56. The fourth-order valence-electron chi connectivity index (χ4n) is 2.66. The van der Waals surface area contributed by atoms with Crippen molar-refractivity contribution in [3.63, 3.8) is 0 Å². The molecular formula is C16H23N3O2. The molecule has 1 aliphatic rings. The van der Waals surface area contributed by atoms with Crippen LogP contribution in [0.3, 0.4) is 0 Å². The summed E-state index contributed by atoms with van der Waals surface area (Å²) in [6.07, 6.45) is 2.31. The number of nitrogens with zero attached hydrogens (tertiary/aromatic N) is 2. The van der Waals surface area contributed by atoms with Crippen LogP contribution in [0.4, 0.5) is 5.69 Å². The summed E-state index contributed by atoms with van der Waals surface area (Å²) in [4.78, 5) is 27.8. The Labute approximate surface area is 125 Å². The van der Waals surface area contributed by atoms with Crippen LogP contribution in [0.15, 0.2) is 30.3 Å². The number of amides is 2. The van der Waals surface area contributed by atoms with E-state index in [0.717, 1.165) is 25.1 Å². The Morgan fingerprint density at radius 1 is 1.29 bits per heavy atom. The van der Waals surface area contributed by atoms with Crippen molar-refractivity contribution in [2.24, 2.45) is 0 Å². The summed E-state index contributed by atoms with van der Waals surface area (Å²) in [5.74, 6) is 0.125. The van der Waals surface area contributed by atoms with Gasteiger partial charge in [0, 0.05) is 32.7 Å². The van der Waals surface area contributed by atoms with E-state index in [-0.39, 0.29) is 17.9 Å². The van der Waals surface area contributed by atoms with Gasteiger partial charge in [0.05, 0.1) is 6.04 Å². The summed E-state index contributed by atoms with van der Waals surface area (Å²) in [5, 5.41) is 2.87. The van der Waals surface area contributed by atoms with Crippen molar-refractivity contribution in [1.29, 1.82) is 0 Å². The Hall–Kier alpha value is -1.88. The SMILES string of the molecule is CN(C)C(=O)C1CCCN1CCC(=O)Nc1ccccc1. The molecule has 1 N–H and O–H groups in total. The van der Waals surface area contributed by atoms with Gasteiger partial charge in [-0.05, 0) is 31.5 Å². The number of likely N-dealkylation sites (tertiary alicyclic amines) is 1. The zero-order valence-electron chi connectivity index (χ0n) is 12.7. The summed E-state index contributed by atoms with van der Waals surface area (Å²) < 4.78 is 0. The van der Waals surface area contributed by atoms with E-state index in [1.165, 1.54) is 0 Å². The van der Waals surface area contributed by atoms with Gasteiger partial charge in [-0.1, -0.05) is 18.2 Å². The van der Waals surface area contributed by atoms with Gasteiger partial charge in [-0.2, -0.15) is 0 Å². The van der Waals surface area contributed by atoms with Gasteiger partial charge in [0.15, 0.2) is 0 Å². The zero-order chi connectivity index (χ0) is 15.2. The number of carbonyl (C=O) groups excluding carboxylic acids is 2. The number of carbonyl (C=O) groups is 2. The molecule has 0 radical (unpaired) electrons. The van der Waals surface area contributed by atoms with E-state index in [1.807, 2.05) is 30.3 Å². The van der Waals surface area contributed by atoms with Crippen LogP contribution >= 0.6 is 0 Å². The molecule has 2 amide bonds. The van der Waals surface area contributed by atoms with Gasteiger partial charge in [-0.15, -0.1) is 0 Å². The minimum absolute atomic E-state index is 0.0100. The van der Waals surface area contributed by atoms with Crippen molar-refractivity contribution in [2.45, 2.75) is 25.3 Å². The number of benzene rings is 1. The third kappa shape index (κ3) is 4.29. The Balaban J connectivity index is 1.82. The number of rotatable bonds is 5. The van der Waals surface area contributed by atoms with Gasteiger partial charge in [-0.25, -0.2) is 0 Å². The lowest BCUT2D eigenvalue weighted by atomic mass is 10.2. The van der Waals surface area contributed by atoms with Crippen molar-refractivity contribution in [3.05, 3.63) is 30.3 Å². The molecule has 1 unspecified atom stereocenters. The number of likely N-dealkylation sites (N-methyl/N-ethyl adjacent to an activating group) is 1. The van der Waals surface area contributed by atoms with Crippen LogP contribution in [0.1, 0.15) is 19.3 Å². The molecule has 2 rings (SSSR count). The highest BCUT2D eigenvalue weighted by atomic mass is 16.2. The zero-order valence-corrected chi connectivity index (χ0v) is 12.7. The normalized spacial score (nSPS) is 18.5. The van der Waals surface area contributed by atoms with Crippen LogP contribution < -0.4 is 5.32 Å². The monoisotopic (exact) mass is 289 g/mol. The van der Waals surface area contributed by atoms with Crippen LogP contribution in [-0.2, 0) is 9.59 Å². The molecule has 5 heteroatoms. The first kappa shape index (κ1) is 15.5. The standard InChI is InChI=1S/C16H23N3O2/c1-18(2)16(21)14-9-6-11-19(14)12-10-15(20)17-13-7-4-3-5-8-13/h3-5,7-8,14H,6,9-12H2,1-2H3,(H,17,20). The molecule has 1 aliphatic heterocycles. The fourth-order valence-corrected chi connectivity index (χ4v) is 2.66. The molecule has 114 valence electrons. The van der Waals surface area contributed by atoms with Crippen LogP contribution in [0.2, 0.25) is 0 Å². The van der Waals surface area contributed by atoms with Crippen molar-refractivity contribution in [3.8, 4) is 0 Å². The van der Waals surface area contributed by atoms with E-state index in [4.69, 9.17) is 0 Å². The molecule has 21 heavy (non-hydrogen) atoms. The summed E-state index contributed by atoms with van der Waals surface area (Å²) in [6.45, 7) is 1.52. The van der Waals surface area contributed by atoms with Crippen LogP contribution in [0.25, 0.3) is 0 Å². The molecule has 0 aliphatic carbocycles. The van der Waals surface area contributed by atoms with E-state index in [9.17, 15) is 9.59 Å². The molecule has 0 aromatic heterocycles. The Morgan fingerprint density at radius 2 is 2.00 bits per heavy atom.